The maximum atomic E-state index is 12.7. The average molecular weight is 376 g/mol. The van der Waals surface area contributed by atoms with Gasteiger partial charge in [0.15, 0.2) is 12.2 Å². The number of hydrogen-bond acceptors (Lipinski definition) is 2. The molecule has 2 heterocycles. The van der Waals surface area contributed by atoms with Crippen molar-refractivity contribution in [3.05, 3.63) is 66.1 Å². The summed E-state index contributed by atoms with van der Waals surface area (Å²) in [5.41, 5.74) is 4.35. The molecule has 2 aromatic carbocycles. The quantitative estimate of drug-likeness (QED) is 0.668. The average Bonchev–Trinajstić information content (AvgIpc) is 3.32. The van der Waals surface area contributed by atoms with Crippen LogP contribution in [0.5, 0.6) is 5.75 Å². The minimum absolute atomic E-state index is 0.00693. The van der Waals surface area contributed by atoms with E-state index in [0.717, 1.165) is 54.1 Å². The molecule has 0 aliphatic carbocycles. The molecular formula is C23H26N3O2+. The molecule has 0 saturated heterocycles. The normalized spacial score (nSPS) is 12.6. The molecule has 0 bridgehead atoms. The first-order valence-electron chi connectivity index (χ1n) is 9.83. The Hall–Kier alpha value is -3.08. The van der Waals surface area contributed by atoms with E-state index >= 15 is 0 Å². The molecule has 0 atom stereocenters. The van der Waals surface area contributed by atoms with Gasteiger partial charge in [0.25, 0.3) is 11.7 Å². The van der Waals surface area contributed by atoms with E-state index in [2.05, 4.69) is 45.8 Å². The number of nitrogens with zero attached hydrogens (tertiary/aromatic N) is 2. The molecule has 1 amide bonds. The molecule has 0 unspecified atom stereocenters. The van der Waals surface area contributed by atoms with Crippen molar-refractivity contribution in [2.45, 2.75) is 39.3 Å². The van der Waals surface area contributed by atoms with Gasteiger partial charge in [-0.05, 0) is 48.7 Å². The number of rotatable bonds is 6. The number of carbonyl (C=O) groups is 1. The Morgan fingerprint density at radius 2 is 1.96 bits per heavy atom. The standard InChI is InChI=1S/C23H25N3O2/c1-3-17-7-4-5-8-20(17)24-22(27)16-25-15-21(26-14-6-9-23(25)26)18-10-12-19(28-2)13-11-18/h4-5,7-8,10-13,15H,3,6,9,14,16H2,1-2H3/p+1. The third-order valence-corrected chi connectivity index (χ3v) is 5.37. The zero-order valence-corrected chi connectivity index (χ0v) is 16.4. The Bertz CT molecular complexity index is 990. The van der Waals surface area contributed by atoms with Crippen molar-refractivity contribution in [2.75, 3.05) is 12.4 Å². The van der Waals surface area contributed by atoms with Crippen molar-refractivity contribution in [3.63, 3.8) is 0 Å². The minimum Gasteiger partial charge on any atom is -0.497 e. The first-order chi connectivity index (χ1) is 13.7. The number of hydrogen-bond donors (Lipinski definition) is 1. The fraction of sp³-hybridized carbons (Fsp3) is 0.304. The molecule has 1 N–H and O–H groups in total. The molecule has 1 aliphatic rings. The predicted molar refractivity (Wildman–Crippen MR) is 109 cm³/mol. The molecule has 5 heteroatoms. The summed E-state index contributed by atoms with van der Waals surface area (Å²) in [7, 11) is 1.67. The fourth-order valence-electron chi connectivity index (χ4n) is 3.93. The smallest absolute Gasteiger partial charge is 0.266 e. The summed E-state index contributed by atoms with van der Waals surface area (Å²) >= 11 is 0. The number of imidazole rings is 1. The maximum Gasteiger partial charge on any atom is 0.266 e. The van der Waals surface area contributed by atoms with Crippen LogP contribution in [0.2, 0.25) is 0 Å². The zero-order valence-electron chi connectivity index (χ0n) is 16.4. The molecule has 0 fully saturated rings. The number of methoxy groups -OCH3 is 1. The summed E-state index contributed by atoms with van der Waals surface area (Å²) in [6, 6.07) is 16.1. The van der Waals surface area contributed by atoms with Crippen molar-refractivity contribution < 1.29 is 14.1 Å². The number of aryl methyl sites for hydroxylation is 1. The highest BCUT2D eigenvalue weighted by atomic mass is 16.5. The molecule has 144 valence electrons. The largest absolute Gasteiger partial charge is 0.497 e. The Balaban J connectivity index is 1.57. The van der Waals surface area contributed by atoms with Crippen LogP contribution in [0.1, 0.15) is 24.7 Å². The third kappa shape index (κ3) is 3.52. The maximum absolute atomic E-state index is 12.7. The van der Waals surface area contributed by atoms with E-state index in [-0.39, 0.29) is 5.91 Å². The molecule has 0 radical (unpaired) electrons. The van der Waals surface area contributed by atoms with Gasteiger partial charge < -0.3 is 10.1 Å². The summed E-state index contributed by atoms with van der Waals surface area (Å²) in [5, 5.41) is 3.08. The van der Waals surface area contributed by atoms with Crippen molar-refractivity contribution >= 4 is 11.6 Å². The van der Waals surface area contributed by atoms with E-state index in [4.69, 9.17) is 4.74 Å². The number of fused-ring (bicyclic) bond motifs is 1. The number of benzene rings is 2. The first-order valence-corrected chi connectivity index (χ1v) is 9.83. The van der Waals surface area contributed by atoms with Gasteiger partial charge in [0, 0.05) is 11.3 Å². The van der Waals surface area contributed by atoms with Gasteiger partial charge in [0.05, 0.1) is 20.1 Å². The highest BCUT2D eigenvalue weighted by molar-refractivity contribution is 5.90. The molecule has 0 saturated carbocycles. The van der Waals surface area contributed by atoms with Crippen molar-refractivity contribution in [1.29, 1.82) is 0 Å². The zero-order chi connectivity index (χ0) is 19.5. The summed E-state index contributed by atoms with van der Waals surface area (Å²) in [6.45, 7) is 3.41. The second kappa shape index (κ2) is 7.89. The van der Waals surface area contributed by atoms with Gasteiger partial charge >= 0.3 is 0 Å². The lowest BCUT2D eigenvalue weighted by Gasteiger charge is -2.08. The number of anilines is 1. The molecule has 3 aromatic rings. The molecular weight excluding hydrogens is 350 g/mol. The van der Waals surface area contributed by atoms with Crippen molar-refractivity contribution in [3.8, 4) is 17.0 Å². The molecule has 1 aromatic heterocycles. The third-order valence-electron chi connectivity index (χ3n) is 5.37. The summed E-state index contributed by atoms with van der Waals surface area (Å²) in [6.07, 6.45) is 5.10. The van der Waals surface area contributed by atoms with Gasteiger partial charge in [-0.15, -0.1) is 0 Å². The second-order valence-electron chi connectivity index (χ2n) is 7.10. The van der Waals surface area contributed by atoms with Crippen LogP contribution in [-0.2, 0) is 30.7 Å². The summed E-state index contributed by atoms with van der Waals surface area (Å²) < 4.78 is 9.69. The topological polar surface area (TPSA) is 47.1 Å². The monoisotopic (exact) mass is 376 g/mol. The van der Waals surface area contributed by atoms with E-state index in [1.165, 1.54) is 5.82 Å². The minimum atomic E-state index is 0.00693. The Labute approximate surface area is 165 Å². The SMILES string of the molecule is CCc1ccccc1NC(=O)C[n+]1cc(-c2ccc(OC)cc2)n2c1CCC2. The second-order valence-corrected chi connectivity index (χ2v) is 7.10. The first kappa shape index (κ1) is 18.3. The van der Waals surface area contributed by atoms with Gasteiger partial charge in [-0.1, -0.05) is 25.1 Å². The lowest BCUT2D eigenvalue weighted by atomic mass is 10.1. The number of para-hydroxylation sites is 1. The molecule has 4 rings (SSSR count). The van der Waals surface area contributed by atoms with Crippen LogP contribution in [0.25, 0.3) is 11.3 Å². The van der Waals surface area contributed by atoms with E-state index in [0.29, 0.717) is 6.54 Å². The Morgan fingerprint density at radius 3 is 2.71 bits per heavy atom. The fourth-order valence-corrected chi connectivity index (χ4v) is 3.93. The van der Waals surface area contributed by atoms with Gasteiger partial charge in [0.1, 0.15) is 11.9 Å². The van der Waals surface area contributed by atoms with Crippen molar-refractivity contribution in [1.82, 2.24) is 4.57 Å². The number of ether oxygens (including phenoxy) is 1. The number of carbonyl (C=O) groups excluding carboxylic acids is 1. The van der Waals surface area contributed by atoms with E-state index in [1.54, 1.807) is 7.11 Å². The van der Waals surface area contributed by atoms with Crippen LogP contribution in [-0.4, -0.2) is 17.6 Å². The molecule has 5 nitrogen and oxygen atoms in total. The van der Waals surface area contributed by atoms with Crippen LogP contribution in [0.4, 0.5) is 5.69 Å². The molecule has 28 heavy (non-hydrogen) atoms. The highest BCUT2D eigenvalue weighted by Gasteiger charge is 2.29. The van der Waals surface area contributed by atoms with Gasteiger partial charge in [-0.25, -0.2) is 9.13 Å². The lowest BCUT2D eigenvalue weighted by Crippen LogP contribution is -2.42. The molecule has 0 spiro atoms. The van der Waals surface area contributed by atoms with E-state index in [1.807, 2.05) is 30.3 Å². The summed E-state index contributed by atoms with van der Waals surface area (Å²) in [5.74, 6) is 2.07. The highest BCUT2D eigenvalue weighted by Crippen LogP contribution is 2.26. The van der Waals surface area contributed by atoms with Gasteiger partial charge in [-0.2, -0.15) is 0 Å². The number of aromatic nitrogens is 2. The number of nitrogens with one attached hydrogen (secondary N) is 1. The molecule has 1 aliphatic heterocycles. The van der Waals surface area contributed by atoms with E-state index in [9.17, 15) is 4.79 Å². The van der Waals surface area contributed by atoms with Gasteiger partial charge in [0.2, 0.25) is 0 Å². The van der Waals surface area contributed by atoms with Gasteiger partial charge in [-0.3, -0.25) is 4.79 Å². The lowest BCUT2D eigenvalue weighted by molar-refractivity contribution is -0.690. The Morgan fingerprint density at radius 1 is 1.18 bits per heavy atom. The Kier molecular flexibility index (Phi) is 5.15. The van der Waals surface area contributed by atoms with Crippen LogP contribution in [0.15, 0.2) is 54.7 Å². The van der Waals surface area contributed by atoms with Crippen molar-refractivity contribution in [2.24, 2.45) is 0 Å². The van der Waals surface area contributed by atoms with Crippen LogP contribution in [0.3, 0.4) is 0 Å². The van der Waals surface area contributed by atoms with E-state index < -0.39 is 0 Å². The van der Waals surface area contributed by atoms with Crippen LogP contribution in [0, 0.1) is 0 Å². The van der Waals surface area contributed by atoms with Crippen LogP contribution < -0.4 is 14.6 Å². The summed E-state index contributed by atoms with van der Waals surface area (Å²) in [4.78, 5) is 12.7. The number of amides is 1. The van der Waals surface area contributed by atoms with Crippen LogP contribution >= 0.6 is 0 Å². The predicted octanol–water partition coefficient (Wildman–Crippen LogP) is 3.60.